The fourth-order valence-corrected chi connectivity index (χ4v) is 3.39. The third kappa shape index (κ3) is 4.83. The maximum Gasteiger partial charge on any atom is 0.224 e. The first-order chi connectivity index (χ1) is 13.1. The summed E-state index contributed by atoms with van der Waals surface area (Å²) in [6, 6.07) is 11.4. The van der Waals surface area contributed by atoms with Crippen LogP contribution in [0.1, 0.15) is 12.1 Å². The third-order valence-electron chi connectivity index (χ3n) is 3.92. The van der Waals surface area contributed by atoms with Gasteiger partial charge in [-0.25, -0.2) is 9.37 Å². The van der Waals surface area contributed by atoms with Gasteiger partial charge in [0.1, 0.15) is 10.8 Å². The van der Waals surface area contributed by atoms with E-state index in [1.54, 1.807) is 44.6 Å². The number of amides is 1. The molecule has 27 heavy (non-hydrogen) atoms. The van der Waals surface area contributed by atoms with Crippen molar-refractivity contribution in [1.29, 1.82) is 0 Å². The highest BCUT2D eigenvalue weighted by molar-refractivity contribution is 7.13. The molecule has 0 bridgehead atoms. The molecule has 3 rings (SSSR count). The molecule has 0 fully saturated rings. The van der Waals surface area contributed by atoms with E-state index in [1.807, 2.05) is 5.38 Å². The van der Waals surface area contributed by atoms with Gasteiger partial charge in [-0.1, -0.05) is 0 Å². The van der Waals surface area contributed by atoms with Crippen molar-refractivity contribution in [2.24, 2.45) is 0 Å². The Bertz CT molecular complexity index is 925. The minimum Gasteiger partial charge on any atom is -0.493 e. The molecule has 1 aromatic heterocycles. The van der Waals surface area contributed by atoms with Crippen LogP contribution in [-0.4, -0.2) is 25.1 Å². The van der Waals surface area contributed by atoms with Gasteiger partial charge in [0.2, 0.25) is 5.91 Å². The van der Waals surface area contributed by atoms with Gasteiger partial charge in [-0.2, -0.15) is 0 Å². The van der Waals surface area contributed by atoms with Crippen molar-refractivity contribution < 1.29 is 18.7 Å². The normalized spacial score (nSPS) is 10.5. The van der Waals surface area contributed by atoms with Gasteiger partial charge >= 0.3 is 0 Å². The summed E-state index contributed by atoms with van der Waals surface area (Å²) in [6.07, 6.45) is 0.831. The van der Waals surface area contributed by atoms with Crippen LogP contribution in [0.25, 0.3) is 10.6 Å². The average molecular weight is 386 g/mol. The molecule has 7 heteroatoms. The minimum atomic E-state index is -0.276. The molecule has 1 heterocycles. The van der Waals surface area contributed by atoms with Crippen LogP contribution in [0.3, 0.4) is 0 Å². The molecule has 5 nitrogen and oxygen atoms in total. The van der Waals surface area contributed by atoms with Gasteiger partial charge in [-0.15, -0.1) is 11.3 Å². The van der Waals surface area contributed by atoms with Gasteiger partial charge in [-0.05, 0) is 42.8 Å². The summed E-state index contributed by atoms with van der Waals surface area (Å²) >= 11 is 1.48. The van der Waals surface area contributed by atoms with Crippen LogP contribution in [0.15, 0.2) is 47.8 Å². The average Bonchev–Trinajstić information content (AvgIpc) is 3.16. The number of thiazole rings is 1. The topological polar surface area (TPSA) is 60.5 Å². The van der Waals surface area contributed by atoms with Crippen molar-refractivity contribution in [3.63, 3.8) is 0 Å². The van der Waals surface area contributed by atoms with Crippen molar-refractivity contribution in [3.05, 3.63) is 59.4 Å². The second kappa shape index (κ2) is 8.64. The Morgan fingerprint density at radius 3 is 2.56 bits per heavy atom. The molecule has 1 amide bonds. The van der Waals surface area contributed by atoms with Crippen molar-refractivity contribution in [3.8, 4) is 22.1 Å². The maximum absolute atomic E-state index is 13.0. The molecule has 0 aliphatic carbocycles. The smallest absolute Gasteiger partial charge is 0.224 e. The Morgan fingerprint density at radius 1 is 1.11 bits per heavy atom. The number of carbonyl (C=O) groups is 1. The van der Waals surface area contributed by atoms with Gasteiger partial charge in [0.05, 0.1) is 19.9 Å². The number of benzene rings is 2. The highest BCUT2D eigenvalue weighted by Crippen LogP contribution is 2.30. The number of carbonyl (C=O) groups excluding carboxylic acids is 1. The highest BCUT2D eigenvalue weighted by atomic mass is 32.1. The van der Waals surface area contributed by atoms with Crippen molar-refractivity contribution in [1.82, 2.24) is 4.98 Å². The number of hydrogen-bond donors (Lipinski definition) is 1. The van der Waals surface area contributed by atoms with Crippen LogP contribution < -0.4 is 14.8 Å². The van der Waals surface area contributed by atoms with Crippen molar-refractivity contribution >= 4 is 22.9 Å². The number of anilines is 1. The largest absolute Gasteiger partial charge is 0.493 e. The lowest BCUT2D eigenvalue weighted by Gasteiger charge is -2.10. The number of aromatic nitrogens is 1. The predicted octanol–water partition coefficient (Wildman–Crippen LogP) is 4.54. The third-order valence-corrected chi connectivity index (χ3v) is 4.86. The van der Waals surface area contributed by atoms with E-state index < -0.39 is 0 Å². The number of rotatable bonds is 7. The highest BCUT2D eigenvalue weighted by Gasteiger charge is 2.10. The molecule has 0 spiro atoms. The predicted molar refractivity (Wildman–Crippen MR) is 104 cm³/mol. The monoisotopic (exact) mass is 386 g/mol. The van der Waals surface area contributed by atoms with Gasteiger partial charge in [0.25, 0.3) is 0 Å². The number of ether oxygens (including phenoxy) is 2. The summed E-state index contributed by atoms with van der Waals surface area (Å²) in [7, 11) is 3.11. The van der Waals surface area contributed by atoms with Crippen LogP contribution in [0, 0.1) is 5.82 Å². The molecule has 0 aliphatic rings. The maximum atomic E-state index is 13.0. The Kier molecular flexibility index (Phi) is 6.03. The lowest BCUT2D eigenvalue weighted by molar-refractivity contribution is -0.116. The molecule has 0 radical (unpaired) electrons. The van der Waals surface area contributed by atoms with Crippen molar-refractivity contribution in [2.75, 3.05) is 19.5 Å². The first-order valence-electron chi connectivity index (χ1n) is 8.31. The van der Waals surface area contributed by atoms with E-state index in [4.69, 9.17) is 9.47 Å². The lowest BCUT2D eigenvalue weighted by atomic mass is 10.2. The molecule has 0 atom stereocenters. The fourth-order valence-electron chi connectivity index (χ4n) is 2.53. The van der Waals surface area contributed by atoms with Crippen LogP contribution in [-0.2, 0) is 11.2 Å². The second-order valence-corrected chi connectivity index (χ2v) is 6.63. The molecular formula is C20H19FN2O3S. The SMILES string of the molecule is COc1ccc(NC(=O)CCc2csc(-c3ccc(F)cc3)n2)cc1OC. The van der Waals surface area contributed by atoms with Crippen LogP contribution in [0.4, 0.5) is 10.1 Å². The summed E-state index contributed by atoms with van der Waals surface area (Å²) in [4.78, 5) is 16.7. The van der Waals surface area contributed by atoms with E-state index in [9.17, 15) is 9.18 Å². The Labute approximate surface area is 160 Å². The summed E-state index contributed by atoms with van der Waals surface area (Å²) < 4.78 is 23.4. The lowest BCUT2D eigenvalue weighted by Crippen LogP contribution is -2.12. The van der Waals surface area contributed by atoms with Crippen LogP contribution >= 0.6 is 11.3 Å². The van der Waals surface area contributed by atoms with E-state index in [1.165, 1.54) is 23.5 Å². The first-order valence-corrected chi connectivity index (χ1v) is 9.19. The zero-order chi connectivity index (χ0) is 19.2. The van der Waals surface area contributed by atoms with E-state index in [-0.39, 0.29) is 11.7 Å². The number of nitrogens with one attached hydrogen (secondary N) is 1. The van der Waals surface area contributed by atoms with Gasteiger partial charge in [-0.3, -0.25) is 4.79 Å². The zero-order valence-electron chi connectivity index (χ0n) is 15.0. The molecule has 140 valence electrons. The molecule has 0 saturated carbocycles. The zero-order valence-corrected chi connectivity index (χ0v) is 15.8. The number of hydrogen-bond acceptors (Lipinski definition) is 5. The fraction of sp³-hybridized carbons (Fsp3) is 0.200. The molecule has 3 aromatic rings. The summed E-state index contributed by atoms with van der Waals surface area (Å²) in [6.45, 7) is 0. The van der Waals surface area contributed by atoms with E-state index in [0.717, 1.165) is 16.3 Å². The number of nitrogens with zero attached hydrogens (tertiary/aromatic N) is 1. The molecule has 2 aromatic carbocycles. The van der Waals surface area contributed by atoms with Gasteiger partial charge < -0.3 is 14.8 Å². The standard InChI is InChI=1S/C20H19FN2O3S/c1-25-17-9-7-15(11-18(17)26-2)22-19(24)10-8-16-12-27-20(23-16)13-3-5-14(21)6-4-13/h3-7,9,11-12H,8,10H2,1-2H3,(H,22,24). The Balaban J connectivity index is 1.57. The molecule has 0 unspecified atom stereocenters. The minimum absolute atomic E-state index is 0.112. The van der Waals surface area contributed by atoms with Crippen LogP contribution in [0.2, 0.25) is 0 Å². The summed E-state index contributed by atoms with van der Waals surface area (Å²) in [5.41, 5.74) is 2.34. The second-order valence-electron chi connectivity index (χ2n) is 5.77. The number of halogens is 1. The van der Waals surface area contributed by atoms with Gasteiger partial charge in [0.15, 0.2) is 11.5 Å². The van der Waals surface area contributed by atoms with Crippen molar-refractivity contribution in [2.45, 2.75) is 12.8 Å². The van der Waals surface area contributed by atoms with Crippen LogP contribution in [0.5, 0.6) is 11.5 Å². The summed E-state index contributed by atoms with van der Waals surface area (Å²) in [5, 5.41) is 5.57. The molecule has 0 saturated heterocycles. The number of aryl methyl sites for hydroxylation is 1. The molecular weight excluding hydrogens is 367 g/mol. The Morgan fingerprint density at radius 2 is 1.85 bits per heavy atom. The quantitative estimate of drug-likeness (QED) is 0.648. The number of methoxy groups -OCH3 is 2. The van der Waals surface area contributed by atoms with E-state index in [0.29, 0.717) is 30.0 Å². The summed E-state index contributed by atoms with van der Waals surface area (Å²) in [5.74, 6) is 0.769. The molecule has 1 N–H and O–H groups in total. The molecule has 0 aliphatic heterocycles. The van der Waals surface area contributed by atoms with Gasteiger partial charge in [0, 0.05) is 29.1 Å². The first kappa shape index (κ1) is 18.8. The Hall–Kier alpha value is -2.93. The van der Waals surface area contributed by atoms with E-state index in [2.05, 4.69) is 10.3 Å². The van der Waals surface area contributed by atoms with E-state index >= 15 is 0 Å².